The number of allylic oxidation sites excluding steroid dienone is 1. The van der Waals surface area contributed by atoms with Crippen molar-refractivity contribution in [2.24, 2.45) is 45.3 Å². The predicted octanol–water partition coefficient (Wildman–Crippen LogP) is 3.41. The molecule has 6 heteroatoms. The third kappa shape index (κ3) is 3.88. The molecule has 0 saturated heterocycles. The summed E-state index contributed by atoms with van der Waals surface area (Å²) in [4.78, 5) is 0. The first kappa shape index (κ1) is 28.5. The van der Waals surface area contributed by atoms with Crippen LogP contribution in [-0.4, -0.2) is 66.8 Å². The summed E-state index contributed by atoms with van der Waals surface area (Å²) in [6.45, 7) is 16.1. The first-order valence-corrected chi connectivity index (χ1v) is 14.1. The smallest absolute Gasteiger partial charge is 0.112 e. The van der Waals surface area contributed by atoms with Crippen molar-refractivity contribution < 1.29 is 30.6 Å². The average Bonchev–Trinajstić information content (AvgIpc) is 3.11. The molecule has 0 radical (unpaired) electrons. The van der Waals surface area contributed by atoms with Gasteiger partial charge in [-0.2, -0.15) is 0 Å². The number of fused-ring (bicyclic) bond motifs is 5. The van der Waals surface area contributed by atoms with Crippen molar-refractivity contribution in [1.82, 2.24) is 0 Å². The zero-order chi connectivity index (χ0) is 27.2. The minimum Gasteiger partial charge on any atom is -0.393 e. The Labute approximate surface area is 217 Å². The van der Waals surface area contributed by atoms with Gasteiger partial charge in [0.1, 0.15) is 12.2 Å². The van der Waals surface area contributed by atoms with Gasteiger partial charge >= 0.3 is 0 Å². The molecule has 36 heavy (non-hydrogen) atoms. The molecule has 0 bridgehead atoms. The van der Waals surface area contributed by atoms with Crippen LogP contribution in [0.5, 0.6) is 0 Å². The van der Waals surface area contributed by atoms with E-state index < -0.39 is 36.1 Å². The Bertz CT molecular complexity index is 877. The molecule has 0 aromatic heterocycles. The van der Waals surface area contributed by atoms with Crippen molar-refractivity contribution in [2.75, 3.05) is 0 Å². The summed E-state index contributed by atoms with van der Waals surface area (Å²) in [5.74, 6) is 0.290. The van der Waals surface area contributed by atoms with Crippen molar-refractivity contribution in [3.05, 3.63) is 11.6 Å². The fourth-order valence-corrected chi connectivity index (χ4v) is 10.3. The second-order valence-electron chi connectivity index (χ2n) is 15.0. The molecule has 4 fully saturated rings. The molecule has 6 nitrogen and oxygen atoms in total. The quantitative estimate of drug-likeness (QED) is 0.324. The van der Waals surface area contributed by atoms with E-state index in [0.717, 1.165) is 31.3 Å². The van der Waals surface area contributed by atoms with Gasteiger partial charge < -0.3 is 30.6 Å². The molecular formula is C30H52O6. The Morgan fingerprint density at radius 3 is 2.11 bits per heavy atom. The summed E-state index contributed by atoms with van der Waals surface area (Å²) < 4.78 is 0. The molecule has 0 aromatic carbocycles. The van der Waals surface area contributed by atoms with Gasteiger partial charge in [0.05, 0.1) is 23.9 Å². The summed E-state index contributed by atoms with van der Waals surface area (Å²) in [5.41, 5.74) is -1.38. The van der Waals surface area contributed by atoms with Crippen LogP contribution in [0.15, 0.2) is 11.6 Å². The van der Waals surface area contributed by atoms with Crippen molar-refractivity contribution in [3.63, 3.8) is 0 Å². The van der Waals surface area contributed by atoms with Crippen LogP contribution in [0.1, 0.15) is 93.9 Å². The summed E-state index contributed by atoms with van der Waals surface area (Å²) in [6.07, 6.45) is 2.50. The zero-order valence-corrected chi connectivity index (χ0v) is 23.7. The second kappa shape index (κ2) is 8.76. The highest BCUT2D eigenvalue weighted by atomic mass is 16.4. The van der Waals surface area contributed by atoms with Gasteiger partial charge in [0.15, 0.2) is 0 Å². The molecule has 0 spiro atoms. The van der Waals surface area contributed by atoms with Crippen LogP contribution in [0.4, 0.5) is 0 Å². The van der Waals surface area contributed by atoms with Gasteiger partial charge in [0, 0.05) is 0 Å². The minimum absolute atomic E-state index is 0.00368. The first-order chi connectivity index (χ1) is 16.3. The van der Waals surface area contributed by atoms with Gasteiger partial charge in [0.2, 0.25) is 0 Å². The highest BCUT2D eigenvalue weighted by molar-refractivity contribution is 5.24. The van der Waals surface area contributed by atoms with E-state index in [0.29, 0.717) is 12.8 Å². The van der Waals surface area contributed by atoms with E-state index in [1.165, 1.54) is 13.8 Å². The number of hydrogen-bond donors (Lipinski definition) is 6. The van der Waals surface area contributed by atoms with E-state index >= 15 is 0 Å². The second-order valence-corrected chi connectivity index (χ2v) is 15.0. The molecule has 0 amide bonds. The lowest BCUT2D eigenvalue weighted by Gasteiger charge is -2.71. The molecule has 208 valence electrons. The van der Waals surface area contributed by atoms with Gasteiger partial charge in [-0.05, 0) is 105 Å². The molecule has 4 aliphatic carbocycles. The minimum atomic E-state index is -1.42. The Hall–Kier alpha value is -0.500. The fourth-order valence-electron chi connectivity index (χ4n) is 10.3. The highest BCUT2D eigenvalue weighted by Gasteiger charge is 2.72. The Kier molecular flexibility index (Phi) is 6.93. The number of hydrogen-bond acceptors (Lipinski definition) is 6. The van der Waals surface area contributed by atoms with Crippen molar-refractivity contribution >= 4 is 0 Å². The van der Waals surface area contributed by atoms with E-state index in [-0.39, 0.29) is 45.3 Å². The molecule has 0 aromatic rings. The fraction of sp³-hybridized carbons (Fsp3) is 0.933. The van der Waals surface area contributed by atoms with Gasteiger partial charge in [-0.1, -0.05) is 46.3 Å². The van der Waals surface area contributed by atoms with Crippen LogP contribution < -0.4 is 0 Å². The molecule has 4 saturated carbocycles. The molecule has 4 aliphatic rings. The summed E-state index contributed by atoms with van der Waals surface area (Å²) in [6, 6.07) is 0. The molecule has 0 heterocycles. The van der Waals surface area contributed by atoms with Crippen molar-refractivity contribution in [2.45, 2.75) is 130 Å². The maximum Gasteiger partial charge on any atom is 0.112 e. The molecule has 0 aliphatic heterocycles. The number of aliphatic hydroxyl groups excluding tert-OH is 5. The van der Waals surface area contributed by atoms with E-state index in [2.05, 4.69) is 34.6 Å². The zero-order valence-electron chi connectivity index (χ0n) is 23.7. The number of aliphatic hydroxyl groups is 6. The van der Waals surface area contributed by atoms with E-state index in [4.69, 9.17) is 0 Å². The molecule has 6 N–H and O–H groups in total. The summed E-state index contributed by atoms with van der Waals surface area (Å²) in [7, 11) is 0. The van der Waals surface area contributed by atoms with Crippen LogP contribution in [0.3, 0.4) is 0 Å². The lowest BCUT2D eigenvalue weighted by Crippen LogP contribution is -2.69. The van der Waals surface area contributed by atoms with Crippen molar-refractivity contribution in [1.29, 1.82) is 0 Å². The first-order valence-electron chi connectivity index (χ1n) is 14.1. The SMILES string of the molecule is C/C(=C/C(O)C(O)C(C)(C)O)[C@H]1CC[C@]2(C)[C@@H]1[C@H](O)C[C@@H]1[C@@]3(C)CC[C@H](O)C(C)(C)[C@@H]3[C@@H](O)C[C@]12C. The Morgan fingerprint density at radius 2 is 1.53 bits per heavy atom. The highest BCUT2D eigenvalue weighted by Crippen LogP contribution is 2.75. The summed E-state index contributed by atoms with van der Waals surface area (Å²) >= 11 is 0. The van der Waals surface area contributed by atoms with E-state index in [1.807, 2.05) is 6.92 Å². The topological polar surface area (TPSA) is 121 Å². The monoisotopic (exact) mass is 508 g/mol. The summed E-state index contributed by atoms with van der Waals surface area (Å²) in [5, 5.41) is 65.4. The molecule has 2 unspecified atom stereocenters. The maximum atomic E-state index is 11.8. The van der Waals surface area contributed by atoms with Gasteiger partial charge in [-0.3, -0.25) is 0 Å². The normalized spacial score (nSPS) is 50.6. The Morgan fingerprint density at radius 1 is 0.917 bits per heavy atom. The largest absolute Gasteiger partial charge is 0.393 e. The van der Waals surface area contributed by atoms with E-state index in [9.17, 15) is 30.6 Å². The Balaban J connectivity index is 1.69. The molecular weight excluding hydrogens is 456 g/mol. The third-order valence-electron chi connectivity index (χ3n) is 12.3. The van der Waals surface area contributed by atoms with Crippen LogP contribution in [0, 0.1) is 45.3 Å². The van der Waals surface area contributed by atoms with Gasteiger partial charge in [0.25, 0.3) is 0 Å². The maximum absolute atomic E-state index is 11.8. The third-order valence-corrected chi connectivity index (χ3v) is 12.3. The molecule has 12 atom stereocenters. The van der Waals surface area contributed by atoms with E-state index in [1.54, 1.807) is 6.08 Å². The van der Waals surface area contributed by atoms with Crippen LogP contribution >= 0.6 is 0 Å². The van der Waals surface area contributed by atoms with Crippen LogP contribution in [-0.2, 0) is 0 Å². The van der Waals surface area contributed by atoms with Crippen LogP contribution in [0.25, 0.3) is 0 Å². The average molecular weight is 509 g/mol. The molecule has 4 rings (SSSR count). The number of rotatable bonds is 4. The van der Waals surface area contributed by atoms with Crippen LogP contribution in [0.2, 0.25) is 0 Å². The predicted molar refractivity (Wildman–Crippen MR) is 140 cm³/mol. The lowest BCUT2D eigenvalue weighted by atomic mass is 9.34. The van der Waals surface area contributed by atoms with Crippen molar-refractivity contribution in [3.8, 4) is 0 Å². The van der Waals surface area contributed by atoms with Gasteiger partial charge in [-0.25, -0.2) is 0 Å². The van der Waals surface area contributed by atoms with Gasteiger partial charge in [-0.15, -0.1) is 0 Å². The standard InChI is InChI=1S/C30H52O6/c1-16(13-19(32)25(35)27(4,5)36)17-9-12-29(7)23(17)18(31)14-21-28(6)11-10-22(34)26(2,3)24(28)20(33)15-30(21,29)8/h13,17-25,31-36H,9-12,14-15H2,1-8H3/b16-13-/t17-,18-,19?,20+,21-,22+,23+,24+,25?,28-,29-,30-/m1/s1. The lowest BCUT2D eigenvalue weighted by molar-refractivity contribution is -0.270.